The van der Waals surface area contributed by atoms with E-state index in [-0.39, 0.29) is 5.60 Å². The van der Waals surface area contributed by atoms with E-state index in [1.807, 2.05) is 12.4 Å². The summed E-state index contributed by atoms with van der Waals surface area (Å²) in [6, 6.07) is 4.22. The maximum Gasteiger partial charge on any atom is 0.0813 e. The van der Waals surface area contributed by atoms with Crippen molar-refractivity contribution >= 4 is 0 Å². The molecule has 1 spiro atoms. The van der Waals surface area contributed by atoms with Crippen molar-refractivity contribution in [3.63, 3.8) is 0 Å². The maximum absolute atomic E-state index is 6.25. The van der Waals surface area contributed by atoms with Crippen LogP contribution in [0, 0.1) is 5.92 Å². The fourth-order valence-corrected chi connectivity index (χ4v) is 3.76. The third-order valence-corrected chi connectivity index (χ3v) is 4.79. The van der Waals surface area contributed by atoms with Gasteiger partial charge in [-0.1, -0.05) is 0 Å². The second kappa shape index (κ2) is 6.86. The van der Waals surface area contributed by atoms with Crippen molar-refractivity contribution in [3.05, 3.63) is 30.1 Å². The summed E-state index contributed by atoms with van der Waals surface area (Å²) in [6.07, 6.45) is 8.53. The smallest absolute Gasteiger partial charge is 0.0813 e. The van der Waals surface area contributed by atoms with Crippen LogP contribution in [-0.2, 0) is 16.0 Å². The summed E-state index contributed by atoms with van der Waals surface area (Å²) < 4.78 is 11.5. The van der Waals surface area contributed by atoms with Gasteiger partial charge >= 0.3 is 0 Å². The number of methoxy groups -OCH3 is 1. The van der Waals surface area contributed by atoms with Crippen molar-refractivity contribution in [2.75, 3.05) is 33.4 Å². The lowest BCUT2D eigenvalue weighted by atomic mass is 9.85. The minimum atomic E-state index is 0.101. The van der Waals surface area contributed by atoms with Crippen molar-refractivity contribution in [1.29, 1.82) is 0 Å². The number of piperidine rings is 1. The van der Waals surface area contributed by atoms with Crippen LogP contribution in [-0.4, -0.2) is 48.9 Å². The van der Waals surface area contributed by atoms with Gasteiger partial charge in [-0.05, 0) is 55.8 Å². The van der Waals surface area contributed by atoms with Crippen molar-refractivity contribution in [1.82, 2.24) is 9.88 Å². The summed E-state index contributed by atoms with van der Waals surface area (Å²) >= 11 is 0. The number of nitrogens with zero attached hydrogens (tertiary/aromatic N) is 2. The van der Waals surface area contributed by atoms with E-state index in [0.29, 0.717) is 5.92 Å². The number of hydrogen-bond acceptors (Lipinski definition) is 4. The van der Waals surface area contributed by atoms with Gasteiger partial charge in [0.2, 0.25) is 0 Å². The Morgan fingerprint density at radius 3 is 3.10 bits per heavy atom. The molecule has 0 aromatic carbocycles. The molecule has 2 fully saturated rings. The molecule has 3 heterocycles. The summed E-state index contributed by atoms with van der Waals surface area (Å²) in [6.45, 7) is 5.02. The lowest BCUT2D eigenvalue weighted by molar-refractivity contribution is -0.0535. The highest BCUT2D eigenvalue weighted by molar-refractivity contribution is 5.10. The lowest BCUT2D eigenvalue weighted by Gasteiger charge is -2.40. The summed E-state index contributed by atoms with van der Waals surface area (Å²) in [4.78, 5) is 6.63. The first-order valence-corrected chi connectivity index (χ1v) is 8.04. The Morgan fingerprint density at radius 2 is 2.29 bits per heavy atom. The zero-order valence-corrected chi connectivity index (χ0v) is 13.0. The van der Waals surface area contributed by atoms with Crippen LogP contribution in [0.25, 0.3) is 0 Å². The molecule has 2 saturated heterocycles. The molecule has 2 aliphatic rings. The van der Waals surface area contributed by atoms with Crippen LogP contribution >= 0.6 is 0 Å². The SMILES string of the molecule is COCC[C@@H]1CO[C@]2(CCCN(Cc3ccncc3)C2)C1. The molecule has 0 bridgehead atoms. The van der Waals surface area contributed by atoms with Crippen LogP contribution in [0.3, 0.4) is 0 Å². The highest BCUT2D eigenvalue weighted by Gasteiger charge is 2.42. The number of aromatic nitrogens is 1. The van der Waals surface area contributed by atoms with Crippen molar-refractivity contribution in [3.8, 4) is 0 Å². The Bertz CT molecular complexity index is 440. The number of rotatable bonds is 5. The number of hydrogen-bond donors (Lipinski definition) is 0. The Balaban J connectivity index is 1.56. The molecule has 0 saturated carbocycles. The molecule has 0 unspecified atom stereocenters. The van der Waals surface area contributed by atoms with Gasteiger partial charge in [-0.3, -0.25) is 9.88 Å². The van der Waals surface area contributed by atoms with E-state index in [9.17, 15) is 0 Å². The Labute approximate surface area is 127 Å². The van der Waals surface area contributed by atoms with Gasteiger partial charge in [0.25, 0.3) is 0 Å². The summed E-state index contributed by atoms with van der Waals surface area (Å²) in [5.74, 6) is 0.672. The molecule has 116 valence electrons. The topological polar surface area (TPSA) is 34.6 Å². The van der Waals surface area contributed by atoms with E-state index >= 15 is 0 Å². The van der Waals surface area contributed by atoms with Gasteiger partial charge in [-0.25, -0.2) is 0 Å². The molecule has 1 aromatic heterocycles. The Kier molecular flexibility index (Phi) is 4.88. The largest absolute Gasteiger partial charge is 0.385 e. The van der Waals surface area contributed by atoms with Gasteiger partial charge in [0.15, 0.2) is 0 Å². The minimum Gasteiger partial charge on any atom is -0.385 e. The van der Waals surface area contributed by atoms with Gasteiger partial charge in [-0.2, -0.15) is 0 Å². The van der Waals surface area contributed by atoms with Crippen molar-refractivity contribution < 1.29 is 9.47 Å². The first kappa shape index (κ1) is 14.9. The van der Waals surface area contributed by atoms with E-state index in [1.54, 1.807) is 7.11 Å². The molecule has 2 atom stereocenters. The highest BCUT2D eigenvalue weighted by atomic mass is 16.5. The normalized spacial score (nSPS) is 30.0. The fraction of sp³-hybridized carbons (Fsp3) is 0.706. The van der Waals surface area contributed by atoms with Crippen molar-refractivity contribution in [2.45, 2.75) is 37.8 Å². The molecule has 21 heavy (non-hydrogen) atoms. The zero-order chi connectivity index (χ0) is 14.5. The minimum absolute atomic E-state index is 0.101. The van der Waals surface area contributed by atoms with E-state index in [2.05, 4.69) is 22.0 Å². The lowest BCUT2D eigenvalue weighted by Crippen LogP contribution is -2.47. The van der Waals surface area contributed by atoms with Crippen LogP contribution in [0.4, 0.5) is 0 Å². The average Bonchev–Trinajstić information content (AvgIpc) is 2.89. The quantitative estimate of drug-likeness (QED) is 0.834. The van der Waals surface area contributed by atoms with Crippen LogP contribution in [0.5, 0.6) is 0 Å². The Hall–Kier alpha value is -0.970. The molecule has 0 N–H and O–H groups in total. The number of likely N-dealkylation sites (tertiary alicyclic amines) is 1. The summed E-state index contributed by atoms with van der Waals surface area (Å²) in [5, 5.41) is 0. The van der Waals surface area contributed by atoms with Crippen LogP contribution in [0.1, 0.15) is 31.2 Å². The van der Waals surface area contributed by atoms with Gasteiger partial charge in [0.05, 0.1) is 12.2 Å². The average molecular weight is 290 g/mol. The monoisotopic (exact) mass is 290 g/mol. The molecule has 0 aliphatic carbocycles. The predicted molar refractivity (Wildman–Crippen MR) is 82.0 cm³/mol. The van der Waals surface area contributed by atoms with E-state index in [1.165, 1.54) is 31.4 Å². The third kappa shape index (κ3) is 3.82. The first-order chi connectivity index (χ1) is 10.3. The van der Waals surface area contributed by atoms with Crippen LogP contribution in [0.15, 0.2) is 24.5 Å². The van der Waals surface area contributed by atoms with E-state index in [0.717, 1.165) is 32.7 Å². The maximum atomic E-state index is 6.25. The zero-order valence-electron chi connectivity index (χ0n) is 13.0. The van der Waals surface area contributed by atoms with Gasteiger partial charge in [0, 0.05) is 39.2 Å². The fourth-order valence-electron chi connectivity index (χ4n) is 3.76. The molecule has 2 aliphatic heterocycles. The van der Waals surface area contributed by atoms with Crippen LogP contribution in [0.2, 0.25) is 0 Å². The molecule has 1 aromatic rings. The molecule has 4 heteroatoms. The standard InChI is InChI=1S/C17H26N2O2/c1-20-10-5-16-11-17(21-13-16)6-2-9-19(14-17)12-15-3-7-18-8-4-15/h3-4,7-8,16H,2,5-6,9-14H2,1H3/t16-,17+/m0/s1. The molecule has 3 rings (SSSR count). The van der Waals surface area contributed by atoms with Gasteiger partial charge in [-0.15, -0.1) is 0 Å². The molecule has 0 radical (unpaired) electrons. The predicted octanol–water partition coefficient (Wildman–Crippen LogP) is 2.49. The highest BCUT2D eigenvalue weighted by Crippen LogP contribution is 2.38. The number of pyridine rings is 1. The molecule has 0 amide bonds. The second-order valence-electron chi connectivity index (χ2n) is 6.52. The van der Waals surface area contributed by atoms with Crippen LogP contribution < -0.4 is 0 Å². The number of ether oxygens (including phenoxy) is 2. The summed E-state index contributed by atoms with van der Waals surface area (Å²) in [5.41, 5.74) is 1.44. The summed E-state index contributed by atoms with van der Waals surface area (Å²) in [7, 11) is 1.78. The molecular formula is C17H26N2O2. The van der Waals surface area contributed by atoms with E-state index < -0.39 is 0 Å². The Morgan fingerprint density at radius 1 is 1.43 bits per heavy atom. The third-order valence-electron chi connectivity index (χ3n) is 4.79. The first-order valence-electron chi connectivity index (χ1n) is 8.04. The van der Waals surface area contributed by atoms with Gasteiger partial charge in [0.1, 0.15) is 0 Å². The molecule has 4 nitrogen and oxygen atoms in total. The molecular weight excluding hydrogens is 264 g/mol. The van der Waals surface area contributed by atoms with Crippen molar-refractivity contribution in [2.24, 2.45) is 5.92 Å². The van der Waals surface area contributed by atoms with E-state index in [4.69, 9.17) is 9.47 Å². The van der Waals surface area contributed by atoms with Gasteiger partial charge < -0.3 is 9.47 Å². The second-order valence-corrected chi connectivity index (χ2v) is 6.52.